The third-order valence-corrected chi connectivity index (χ3v) is 14.2. The van der Waals surface area contributed by atoms with Gasteiger partial charge in [0.15, 0.2) is 18.9 Å². The van der Waals surface area contributed by atoms with Gasteiger partial charge in [-0.25, -0.2) is 4.18 Å². The van der Waals surface area contributed by atoms with E-state index < -0.39 is 183 Å². The molecule has 20 atom stereocenters. The minimum atomic E-state index is -5.07. The largest absolute Gasteiger partial charge is 0.397 e. The molecule has 4 aliphatic rings. The highest BCUT2D eigenvalue weighted by molar-refractivity contribution is 7.80. The Morgan fingerprint density at radius 1 is 0.480 bits per heavy atom. The highest BCUT2D eigenvalue weighted by Gasteiger charge is 2.56. The van der Waals surface area contributed by atoms with Gasteiger partial charge in [-0.1, -0.05) is 84.0 Å². The Labute approximate surface area is 437 Å². The molecule has 0 spiro atoms. The van der Waals surface area contributed by atoms with Crippen LogP contribution in [0.4, 0.5) is 0 Å². The lowest BCUT2D eigenvalue weighted by Gasteiger charge is -2.51. The lowest BCUT2D eigenvalue weighted by molar-refractivity contribution is -0.359. The van der Waals surface area contributed by atoms with Crippen LogP contribution in [-0.2, 0) is 66.9 Å². The summed E-state index contributed by atoms with van der Waals surface area (Å²) in [5.41, 5.74) is 0. The van der Waals surface area contributed by atoms with Gasteiger partial charge in [-0.05, 0) is 13.3 Å². The predicted molar refractivity (Wildman–Crippen MR) is 259 cm³/mol. The summed E-state index contributed by atoms with van der Waals surface area (Å²) in [4.78, 5) is 50.6. The van der Waals surface area contributed by atoms with Crippen LogP contribution in [0.5, 0.6) is 0 Å². The molecule has 0 radical (unpaired) electrons. The molecule has 4 heterocycles. The van der Waals surface area contributed by atoms with Crippen LogP contribution in [0.15, 0.2) is 0 Å². The van der Waals surface area contributed by atoms with E-state index in [9.17, 15) is 73.0 Å². The van der Waals surface area contributed by atoms with Crippen LogP contribution in [0.25, 0.3) is 0 Å². The molecule has 0 aromatic carbocycles. The van der Waals surface area contributed by atoms with E-state index in [1.54, 1.807) is 0 Å². The van der Waals surface area contributed by atoms with Crippen LogP contribution in [0.3, 0.4) is 0 Å². The lowest BCUT2D eigenvalue weighted by atomic mass is 9.92. The summed E-state index contributed by atoms with van der Waals surface area (Å²) >= 11 is 0. The van der Waals surface area contributed by atoms with Crippen LogP contribution in [0.2, 0.25) is 0 Å². The molecule has 27 nitrogen and oxygen atoms in total. The molecule has 0 aromatic rings. The normalized spacial score (nSPS) is 36.3. The Kier molecular flexibility index (Phi) is 27.3. The van der Waals surface area contributed by atoms with Crippen molar-refractivity contribution in [3.8, 4) is 0 Å². The van der Waals surface area contributed by atoms with Gasteiger partial charge in [-0.2, -0.15) is 8.42 Å². The van der Waals surface area contributed by atoms with Crippen molar-refractivity contribution in [2.24, 2.45) is 0 Å². The van der Waals surface area contributed by atoms with E-state index in [0.717, 1.165) is 52.9 Å². The van der Waals surface area contributed by atoms with Gasteiger partial charge < -0.3 is 95.3 Å². The third kappa shape index (κ3) is 19.5. The monoisotopic (exact) mass is 1100 g/mol. The topological polar surface area (TPSA) is 406 Å². The van der Waals surface area contributed by atoms with Crippen LogP contribution >= 0.6 is 0 Å². The molecule has 4 rings (SSSR count). The zero-order valence-corrected chi connectivity index (χ0v) is 44.2. The predicted octanol–water partition coefficient (Wildman–Crippen LogP) is -2.82. The second-order valence-electron chi connectivity index (χ2n) is 19.8. The van der Waals surface area contributed by atoms with E-state index in [-0.39, 0.29) is 6.42 Å². The first-order valence-corrected chi connectivity index (χ1v) is 27.5. The summed E-state index contributed by atoms with van der Waals surface area (Å²) < 4.78 is 78.9. The molecular formula is C47H84N4O23S. The maximum atomic E-state index is 13.3. The quantitative estimate of drug-likeness (QED) is 0.0255. The number of aliphatic hydroxyl groups excluding tert-OH is 8. The summed E-state index contributed by atoms with van der Waals surface area (Å²) in [6, 6.07) is -6.02. The molecule has 75 heavy (non-hydrogen) atoms. The first kappa shape index (κ1) is 64.7. The number of unbranched alkanes of at least 4 members (excludes halogenated alkanes) is 12. The average Bonchev–Trinajstić information content (AvgIpc) is 3.34. The van der Waals surface area contributed by atoms with Crippen molar-refractivity contribution in [1.29, 1.82) is 0 Å². The summed E-state index contributed by atoms with van der Waals surface area (Å²) in [7, 11) is -5.07. The lowest BCUT2D eigenvalue weighted by Crippen LogP contribution is -2.71. The molecule has 0 saturated carbocycles. The Morgan fingerprint density at radius 2 is 0.840 bits per heavy atom. The number of ether oxygens (including phenoxy) is 7. The first-order valence-electron chi connectivity index (χ1n) is 26.1. The van der Waals surface area contributed by atoms with Gasteiger partial charge in [-0.3, -0.25) is 23.7 Å². The Bertz CT molecular complexity index is 1860. The zero-order valence-electron chi connectivity index (χ0n) is 43.4. The van der Waals surface area contributed by atoms with E-state index in [4.69, 9.17) is 33.2 Å². The molecule has 0 aromatic heterocycles. The maximum absolute atomic E-state index is 13.3. The zero-order chi connectivity index (χ0) is 55.6. The van der Waals surface area contributed by atoms with E-state index in [0.29, 0.717) is 6.42 Å². The Morgan fingerprint density at radius 3 is 1.24 bits per heavy atom. The van der Waals surface area contributed by atoms with Gasteiger partial charge >= 0.3 is 10.4 Å². The number of amides is 4. The molecule has 4 aliphatic heterocycles. The fraction of sp³-hybridized carbons (Fsp3) is 0.915. The number of aliphatic hydroxyl groups is 8. The van der Waals surface area contributed by atoms with E-state index in [1.165, 1.54) is 51.9 Å². The highest BCUT2D eigenvalue weighted by Crippen LogP contribution is 2.35. The summed E-state index contributed by atoms with van der Waals surface area (Å²) in [5, 5.41) is 98.8. The molecule has 436 valence electrons. The number of rotatable bonds is 30. The number of hydrogen-bond acceptors (Lipinski definition) is 22. The van der Waals surface area contributed by atoms with E-state index in [2.05, 4.69) is 32.4 Å². The fourth-order valence-corrected chi connectivity index (χ4v) is 10.2. The van der Waals surface area contributed by atoms with E-state index >= 15 is 0 Å². The van der Waals surface area contributed by atoms with Crippen molar-refractivity contribution in [2.45, 2.75) is 247 Å². The van der Waals surface area contributed by atoms with Crippen molar-refractivity contribution >= 4 is 34.0 Å². The van der Waals surface area contributed by atoms with Crippen LogP contribution in [0, 0.1) is 0 Å². The van der Waals surface area contributed by atoms with Crippen LogP contribution in [-0.4, -0.2) is 226 Å². The Hall–Kier alpha value is -2.85. The molecule has 28 heteroatoms. The Balaban J connectivity index is 1.49. The van der Waals surface area contributed by atoms with Crippen LogP contribution in [0.1, 0.15) is 125 Å². The molecular weight excluding hydrogens is 1020 g/mol. The number of hydrogen-bond donors (Lipinski definition) is 13. The van der Waals surface area contributed by atoms with Gasteiger partial charge in [0.05, 0.1) is 38.6 Å². The highest BCUT2D eigenvalue weighted by atomic mass is 32.3. The van der Waals surface area contributed by atoms with Gasteiger partial charge in [0, 0.05) is 27.2 Å². The minimum Gasteiger partial charge on any atom is -0.394 e. The van der Waals surface area contributed by atoms with Gasteiger partial charge in [0.2, 0.25) is 23.6 Å². The van der Waals surface area contributed by atoms with E-state index in [1.807, 2.05) is 0 Å². The van der Waals surface area contributed by atoms with Crippen LogP contribution < -0.4 is 21.3 Å². The molecule has 4 saturated heterocycles. The van der Waals surface area contributed by atoms with Gasteiger partial charge in [0.25, 0.3) is 0 Å². The summed E-state index contributed by atoms with van der Waals surface area (Å²) in [6.07, 6.45) is -12.5. The molecule has 13 N–H and O–H groups in total. The van der Waals surface area contributed by atoms with Gasteiger partial charge in [-0.15, -0.1) is 0 Å². The number of carbonyl (C=O) groups excluding carboxylic acids is 4. The van der Waals surface area contributed by atoms with Crippen molar-refractivity contribution in [2.75, 3.05) is 26.4 Å². The summed E-state index contributed by atoms with van der Waals surface area (Å²) in [6.45, 7) is 3.26. The second-order valence-corrected chi connectivity index (χ2v) is 20.9. The number of carbonyl (C=O) groups is 4. The smallest absolute Gasteiger partial charge is 0.394 e. The second kappa shape index (κ2) is 31.7. The van der Waals surface area contributed by atoms with Crippen molar-refractivity contribution in [1.82, 2.24) is 21.3 Å². The average molecular weight is 1110 g/mol. The molecule has 2 unspecified atom stereocenters. The fourth-order valence-electron chi connectivity index (χ4n) is 9.89. The van der Waals surface area contributed by atoms with Crippen molar-refractivity contribution in [3.63, 3.8) is 0 Å². The molecule has 4 amide bonds. The maximum Gasteiger partial charge on any atom is 0.397 e. The van der Waals surface area contributed by atoms with Crippen molar-refractivity contribution in [3.05, 3.63) is 0 Å². The minimum absolute atomic E-state index is 0.0499. The third-order valence-electron chi connectivity index (χ3n) is 13.8. The first-order chi connectivity index (χ1) is 35.5. The summed E-state index contributed by atoms with van der Waals surface area (Å²) in [5.74, 6) is -2.67. The number of nitrogens with one attached hydrogen (secondary N) is 4. The standard InChI is InChI=1S/C47H84N4O23S/c1-6-7-8-9-10-11-12-13-14-15-16-17-18-19-32(58)51-34-38(60)37(59)28(20-52)69-45(34)72-42-29(21-53)70-46(35(40(42)62)49-26(4)56)73-43-30(22-54)71-47(36(41(43)63)50-27(5)57)74-44-31(23-67-75(64,65)66)68-24(2)33(39(44)61)48-25(3)55/h24,28-31,33-47,52-54,59-63H,6-23H2,1-5H3,(H,48,55)(H,49,56)(H,50,57)(H,51,58)(H,64,65,66)/t24-,28+,29+,30+,31+,33-,34+,35+,36+,37+,38+,39?,40?,41+,42+,43+,44+,45-,46-,47-/m0/s1. The van der Waals surface area contributed by atoms with Gasteiger partial charge in [0.1, 0.15) is 91.4 Å². The molecule has 0 aliphatic carbocycles. The SMILES string of the molecule is CCCCCCCCCCCCCCCC(=O)N[C@H]1[C@H](O[C@H]2C(O)[C@@H](NC(C)=O)[C@H](O[C@H]3[C@H](O)[C@@H](NC(C)=O)[C@H](O[C@H]4C(O)[C@@H](NC(C)=O)[C@H](C)O[C@@H]4COS(=O)(=O)O)O[C@@H]3CO)O[C@@H]2CO)O[C@H](CO)[C@@H](O)[C@@H]1O. The molecule has 0 bridgehead atoms. The van der Waals surface area contributed by atoms with Crippen molar-refractivity contribution < 1.29 is 110 Å². The molecule has 4 fully saturated rings.